The van der Waals surface area contributed by atoms with Crippen molar-refractivity contribution in [2.75, 3.05) is 31.6 Å². The summed E-state index contributed by atoms with van der Waals surface area (Å²) >= 11 is 0. The number of anilines is 1. The summed E-state index contributed by atoms with van der Waals surface area (Å²) in [6.07, 6.45) is 2.95. The lowest BCUT2D eigenvalue weighted by atomic mass is 10.2. The normalized spacial score (nSPS) is 16.7. The van der Waals surface area contributed by atoms with E-state index >= 15 is 0 Å². The molecule has 1 amide bonds. The van der Waals surface area contributed by atoms with Crippen LogP contribution >= 0.6 is 0 Å². The third kappa shape index (κ3) is 3.18. The molecule has 7 heteroatoms. The van der Waals surface area contributed by atoms with Gasteiger partial charge in [-0.2, -0.15) is 0 Å². The number of aromatic nitrogens is 2. The second-order valence-electron chi connectivity index (χ2n) is 4.86. The monoisotopic (exact) mass is 264 g/mol. The Balaban J connectivity index is 2.01. The Labute approximate surface area is 112 Å². The topological polar surface area (TPSA) is 87.4 Å². The minimum atomic E-state index is -0.0898. The van der Waals surface area contributed by atoms with Crippen LogP contribution in [-0.4, -0.2) is 57.9 Å². The Hall–Kier alpha value is -1.73. The van der Waals surface area contributed by atoms with E-state index in [1.165, 1.54) is 12.4 Å². The number of nitrogens with one attached hydrogen (secondary N) is 1. The minimum Gasteiger partial charge on any atom is -0.335 e. The molecule has 1 aromatic heterocycles. The molecule has 0 bridgehead atoms. The predicted molar refractivity (Wildman–Crippen MR) is 72.5 cm³/mol. The summed E-state index contributed by atoms with van der Waals surface area (Å²) in [7, 11) is 0. The van der Waals surface area contributed by atoms with E-state index in [1.54, 1.807) is 0 Å². The molecule has 3 N–H and O–H groups in total. The van der Waals surface area contributed by atoms with Crippen LogP contribution in [0.3, 0.4) is 0 Å². The highest BCUT2D eigenvalue weighted by molar-refractivity contribution is 5.92. The largest absolute Gasteiger partial charge is 0.335 e. The summed E-state index contributed by atoms with van der Waals surface area (Å²) in [4.78, 5) is 24.5. The zero-order chi connectivity index (χ0) is 13.8. The molecule has 0 radical (unpaired) electrons. The second-order valence-corrected chi connectivity index (χ2v) is 4.86. The van der Waals surface area contributed by atoms with Crippen molar-refractivity contribution >= 4 is 11.7 Å². The number of rotatable bonds is 3. The zero-order valence-corrected chi connectivity index (χ0v) is 11.3. The molecular formula is C12H20N6O. The Bertz CT molecular complexity index is 442. The molecule has 0 atom stereocenters. The van der Waals surface area contributed by atoms with Gasteiger partial charge in [0.2, 0.25) is 0 Å². The molecule has 1 aliphatic heterocycles. The van der Waals surface area contributed by atoms with E-state index in [0.29, 0.717) is 17.6 Å². The van der Waals surface area contributed by atoms with Crippen LogP contribution in [0.25, 0.3) is 0 Å². The van der Waals surface area contributed by atoms with Crippen molar-refractivity contribution in [3.63, 3.8) is 0 Å². The van der Waals surface area contributed by atoms with Crippen LogP contribution in [0.2, 0.25) is 0 Å². The van der Waals surface area contributed by atoms with Crippen LogP contribution in [0.4, 0.5) is 5.82 Å². The lowest BCUT2D eigenvalue weighted by molar-refractivity contribution is 0.0589. The van der Waals surface area contributed by atoms with Crippen LogP contribution in [0.5, 0.6) is 0 Å². The number of hydrazine groups is 1. The number of carbonyl (C=O) groups is 1. The number of nitrogen functional groups attached to an aromatic ring is 1. The lowest BCUT2D eigenvalue weighted by Crippen LogP contribution is -2.50. The summed E-state index contributed by atoms with van der Waals surface area (Å²) in [5, 5.41) is 0. The maximum atomic E-state index is 12.3. The van der Waals surface area contributed by atoms with Crippen molar-refractivity contribution in [1.82, 2.24) is 19.8 Å². The summed E-state index contributed by atoms with van der Waals surface area (Å²) in [6, 6.07) is 0.516. The van der Waals surface area contributed by atoms with E-state index in [2.05, 4.69) is 34.1 Å². The second kappa shape index (κ2) is 5.94. The first-order valence-corrected chi connectivity index (χ1v) is 6.44. The van der Waals surface area contributed by atoms with Crippen molar-refractivity contribution < 1.29 is 4.79 Å². The van der Waals surface area contributed by atoms with Crippen molar-refractivity contribution in [3.8, 4) is 0 Å². The van der Waals surface area contributed by atoms with Crippen LogP contribution in [0.15, 0.2) is 12.4 Å². The SMILES string of the molecule is CC(C)N1CCN(C(=O)c2cncc(NN)n2)CC1. The van der Waals surface area contributed by atoms with E-state index < -0.39 is 0 Å². The average Bonchev–Trinajstić information content (AvgIpc) is 2.46. The maximum Gasteiger partial charge on any atom is 0.274 e. The van der Waals surface area contributed by atoms with Gasteiger partial charge in [0, 0.05) is 32.2 Å². The fraction of sp³-hybridized carbons (Fsp3) is 0.583. The fourth-order valence-corrected chi connectivity index (χ4v) is 2.14. The number of carbonyl (C=O) groups excluding carboxylic acids is 1. The lowest BCUT2D eigenvalue weighted by Gasteiger charge is -2.36. The standard InChI is InChI=1S/C12H20N6O/c1-9(2)17-3-5-18(6-4-17)12(19)10-7-14-8-11(15-10)16-13/h7-9H,3-6,13H2,1-2H3,(H,15,16). The third-order valence-corrected chi connectivity index (χ3v) is 3.33. The van der Waals surface area contributed by atoms with E-state index in [9.17, 15) is 4.79 Å². The molecule has 0 spiro atoms. The van der Waals surface area contributed by atoms with Crippen LogP contribution < -0.4 is 11.3 Å². The number of piperazine rings is 1. The fourth-order valence-electron chi connectivity index (χ4n) is 2.14. The summed E-state index contributed by atoms with van der Waals surface area (Å²) in [5.41, 5.74) is 2.72. The van der Waals surface area contributed by atoms with Gasteiger partial charge in [-0.1, -0.05) is 0 Å². The van der Waals surface area contributed by atoms with Gasteiger partial charge in [-0.25, -0.2) is 10.8 Å². The highest BCUT2D eigenvalue weighted by Gasteiger charge is 2.24. The van der Waals surface area contributed by atoms with Crippen LogP contribution in [0.1, 0.15) is 24.3 Å². The van der Waals surface area contributed by atoms with Crippen LogP contribution in [0, 0.1) is 0 Å². The van der Waals surface area contributed by atoms with Gasteiger partial charge in [-0.15, -0.1) is 0 Å². The van der Waals surface area contributed by atoms with E-state index in [1.807, 2.05) is 4.90 Å². The van der Waals surface area contributed by atoms with Crippen LogP contribution in [-0.2, 0) is 0 Å². The van der Waals surface area contributed by atoms with Crippen molar-refractivity contribution in [2.24, 2.45) is 5.84 Å². The minimum absolute atomic E-state index is 0.0898. The Morgan fingerprint density at radius 2 is 2.00 bits per heavy atom. The number of nitrogens with two attached hydrogens (primary N) is 1. The highest BCUT2D eigenvalue weighted by Crippen LogP contribution is 2.10. The summed E-state index contributed by atoms with van der Waals surface area (Å²) in [5.74, 6) is 5.57. The molecular weight excluding hydrogens is 244 g/mol. The molecule has 1 aliphatic rings. The maximum absolute atomic E-state index is 12.3. The molecule has 19 heavy (non-hydrogen) atoms. The molecule has 0 aromatic carbocycles. The zero-order valence-electron chi connectivity index (χ0n) is 11.3. The van der Waals surface area contributed by atoms with Gasteiger partial charge in [-0.05, 0) is 13.8 Å². The molecule has 1 aromatic rings. The molecule has 1 fully saturated rings. The summed E-state index contributed by atoms with van der Waals surface area (Å²) in [6.45, 7) is 7.56. The Kier molecular flexibility index (Phi) is 4.28. The molecule has 1 saturated heterocycles. The molecule has 2 heterocycles. The van der Waals surface area contributed by atoms with Crippen molar-refractivity contribution in [3.05, 3.63) is 18.1 Å². The predicted octanol–water partition coefficient (Wildman–Crippen LogP) is -0.0716. The Morgan fingerprint density at radius 1 is 1.32 bits per heavy atom. The van der Waals surface area contributed by atoms with E-state index in [-0.39, 0.29) is 5.91 Å². The quantitative estimate of drug-likeness (QED) is 0.587. The highest BCUT2D eigenvalue weighted by atomic mass is 16.2. The number of nitrogens with zero attached hydrogens (tertiary/aromatic N) is 4. The van der Waals surface area contributed by atoms with Gasteiger partial charge in [0.05, 0.1) is 12.4 Å². The molecule has 0 unspecified atom stereocenters. The third-order valence-electron chi connectivity index (χ3n) is 3.33. The van der Waals surface area contributed by atoms with Gasteiger partial charge in [0.1, 0.15) is 5.69 Å². The van der Waals surface area contributed by atoms with Gasteiger partial charge in [0.25, 0.3) is 5.91 Å². The average molecular weight is 264 g/mol. The first kappa shape index (κ1) is 13.7. The van der Waals surface area contributed by atoms with Gasteiger partial charge in [-0.3, -0.25) is 14.7 Å². The molecule has 2 rings (SSSR count). The van der Waals surface area contributed by atoms with Gasteiger partial charge < -0.3 is 10.3 Å². The number of amides is 1. The van der Waals surface area contributed by atoms with E-state index in [4.69, 9.17) is 5.84 Å². The molecule has 104 valence electrons. The number of hydrogen-bond donors (Lipinski definition) is 2. The Morgan fingerprint density at radius 3 is 2.58 bits per heavy atom. The smallest absolute Gasteiger partial charge is 0.274 e. The first-order chi connectivity index (χ1) is 9.11. The van der Waals surface area contributed by atoms with E-state index in [0.717, 1.165) is 26.2 Å². The molecule has 0 saturated carbocycles. The first-order valence-electron chi connectivity index (χ1n) is 6.44. The summed E-state index contributed by atoms with van der Waals surface area (Å²) < 4.78 is 0. The number of hydrogen-bond acceptors (Lipinski definition) is 6. The van der Waals surface area contributed by atoms with Crippen molar-refractivity contribution in [1.29, 1.82) is 0 Å². The van der Waals surface area contributed by atoms with Crippen molar-refractivity contribution in [2.45, 2.75) is 19.9 Å². The molecule has 0 aliphatic carbocycles. The van der Waals surface area contributed by atoms with Gasteiger partial charge in [0.15, 0.2) is 5.82 Å². The van der Waals surface area contributed by atoms with Gasteiger partial charge >= 0.3 is 0 Å². The molecule has 7 nitrogen and oxygen atoms in total.